The highest BCUT2D eigenvalue weighted by Gasteiger charge is 2.28. The largest absolute Gasteiger partial charge is 0.368 e. The number of rotatable bonds is 2. The van der Waals surface area contributed by atoms with Crippen LogP contribution in [0.4, 0.5) is 0 Å². The van der Waals surface area contributed by atoms with Crippen molar-refractivity contribution >= 4 is 17.3 Å². The molecule has 20 heavy (non-hydrogen) atoms. The smallest absolute Gasteiger partial charge is 0.168 e. The normalized spacial score (nSPS) is 21.9. The predicted octanol–water partition coefficient (Wildman–Crippen LogP) is 3.15. The van der Waals surface area contributed by atoms with Gasteiger partial charge in [-0.2, -0.15) is 5.10 Å². The van der Waals surface area contributed by atoms with Crippen LogP contribution in [0.2, 0.25) is 5.02 Å². The summed E-state index contributed by atoms with van der Waals surface area (Å²) in [6.45, 7) is 0. The third-order valence-corrected chi connectivity index (χ3v) is 3.91. The third kappa shape index (κ3) is 2.51. The van der Waals surface area contributed by atoms with Gasteiger partial charge in [-0.05, 0) is 30.5 Å². The second-order valence-electron chi connectivity index (χ2n) is 5.16. The predicted molar refractivity (Wildman–Crippen MR) is 81.8 cm³/mol. The van der Waals surface area contributed by atoms with E-state index >= 15 is 0 Å². The lowest BCUT2D eigenvalue weighted by atomic mass is 9.89. The Morgan fingerprint density at radius 3 is 2.95 bits per heavy atom. The van der Waals surface area contributed by atoms with Crippen LogP contribution in [0, 0.1) is 0 Å². The Bertz CT molecular complexity index is 619. The van der Waals surface area contributed by atoms with Crippen LogP contribution in [0.15, 0.2) is 52.7 Å². The molecule has 1 aliphatic heterocycles. The molecule has 0 saturated carbocycles. The maximum Gasteiger partial charge on any atom is 0.168 e. The first kappa shape index (κ1) is 13.4. The number of allylic oxidation sites excluding steroid dienone is 2. The molecular formula is C16H17ClN2O. The maximum absolute atomic E-state index is 10.2. The van der Waals surface area contributed by atoms with E-state index in [-0.39, 0.29) is 0 Å². The van der Waals surface area contributed by atoms with Crippen molar-refractivity contribution < 1.29 is 5.11 Å². The van der Waals surface area contributed by atoms with E-state index in [2.05, 4.69) is 17.3 Å². The van der Waals surface area contributed by atoms with Crippen LogP contribution in [0.5, 0.6) is 0 Å². The van der Waals surface area contributed by atoms with Gasteiger partial charge >= 0.3 is 0 Å². The van der Waals surface area contributed by atoms with Crippen molar-refractivity contribution in [1.29, 1.82) is 0 Å². The first-order valence-corrected chi connectivity index (χ1v) is 7.17. The van der Waals surface area contributed by atoms with Crippen LogP contribution in [0.1, 0.15) is 18.4 Å². The van der Waals surface area contributed by atoms with Crippen LogP contribution < -0.4 is 0 Å². The standard InChI is InChI=1S/C16H17ClN2O/c1-19-16(20)14-8-3-2-7-13(14)15(18-19)10-11-5-4-6-12(17)9-11/h4-9,16,20H,2-3,10H2,1H3. The summed E-state index contributed by atoms with van der Waals surface area (Å²) in [4.78, 5) is 0. The number of aliphatic hydroxyl groups is 1. The molecule has 3 nitrogen and oxygen atoms in total. The molecule has 0 fully saturated rings. The molecule has 3 rings (SSSR count). The van der Waals surface area contributed by atoms with E-state index in [4.69, 9.17) is 11.6 Å². The van der Waals surface area contributed by atoms with Gasteiger partial charge in [-0.3, -0.25) is 5.01 Å². The van der Waals surface area contributed by atoms with Gasteiger partial charge in [0.1, 0.15) is 0 Å². The summed E-state index contributed by atoms with van der Waals surface area (Å²) in [6.07, 6.45) is 6.36. The molecule has 0 aromatic heterocycles. The highest BCUT2D eigenvalue weighted by Crippen LogP contribution is 2.30. The average Bonchev–Trinajstić information content (AvgIpc) is 2.45. The van der Waals surface area contributed by atoms with E-state index in [0.717, 1.165) is 46.7 Å². The second-order valence-corrected chi connectivity index (χ2v) is 5.59. The monoisotopic (exact) mass is 288 g/mol. The average molecular weight is 289 g/mol. The molecular weight excluding hydrogens is 272 g/mol. The summed E-state index contributed by atoms with van der Waals surface area (Å²) in [5.41, 5.74) is 4.19. The van der Waals surface area contributed by atoms with Gasteiger partial charge in [0.15, 0.2) is 6.23 Å². The minimum Gasteiger partial charge on any atom is -0.368 e. The van der Waals surface area contributed by atoms with Crippen LogP contribution in [-0.4, -0.2) is 29.1 Å². The fourth-order valence-corrected chi connectivity index (χ4v) is 2.91. The molecule has 0 radical (unpaired) electrons. The van der Waals surface area contributed by atoms with Crippen LogP contribution in [0.3, 0.4) is 0 Å². The van der Waals surface area contributed by atoms with Crippen molar-refractivity contribution in [2.24, 2.45) is 5.10 Å². The Hall–Kier alpha value is -1.58. The first-order chi connectivity index (χ1) is 9.65. The van der Waals surface area contributed by atoms with Crippen LogP contribution in [0.25, 0.3) is 0 Å². The number of aliphatic hydroxyl groups excluding tert-OH is 1. The zero-order chi connectivity index (χ0) is 14.1. The van der Waals surface area contributed by atoms with Gasteiger partial charge in [0, 0.05) is 29.6 Å². The van der Waals surface area contributed by atoms with Gasteiger partial charge < -0.3 is 5.11 Å². The number of hydrogen-bond donors (Lipinski definition) is 1. The lowest BCUT2D eigenvalue weighted by Gasteiger charge is -2.33. The van der Waals surface area contributed by atoms with Gasteiger partial charge in [0.05, 0.1) is 5.71 Å². The molecule has 0 bridgehead atoms. The molecule has 1 N–H and O–H groups in total. The maximum atomic E-state index is 10.2. The summed E-state index contributed by atoms with van der Waals surface area (Å²) in [7, 11) is 1.80. The summed E-state index contributed by atoms with van der Waals surface area (Å²) < 4.78 is 0. The van der Waals surface area contributed by atoms with Crippen molar-refractivity contribution in [3.05, 3.63) is 58.1 Å². The van der Waals surface area contributed by atoms with Crippen molar-refractivity contribution in [1.82, 2.24) is 5.01 Å². The summed E-state index contributed by atoms with van der Waals surface area (Å²) in [5.74, 6) is 0. The number of hydrazone groups is 1. The molecule has 0 saturated heterocycles. The molecule has 1 unspecified atom stereocenters. The zero-order valence-electron chi connectivity index (χ0n) is 11.4. The van der Waals surface area contributed by atoms with Gasteiger partial charge in [-0.1, -0.05) is 35.9 Å². The van der Waals surface area contributed by atoms with Gasteiger partial charge in [0.25, 0.3) is 0 Å². The number of benzene rings is 1. The molecule has 4 heteroatoms. The summed E-state index contributed by atoms with van der Waals surface area (Å²) in [6, 6.07) is 7.83. The molecule has 1 aliphatic carbocycles. The fourth-order valence-electron chi connectivity index (χ4n) is 2.69. The van der Waals surface area contributed by atoms with E-state index in [1.807, 2.05) is 24.3 Å². The lowest BCUT2D eigenvalue weighted by molar-refractivity contribution is 0.0533. The molecule has 1 aromatic carbocycles. The Labute approximate surface area is 123 Å². The summed E-state index contributed by atoms with van der Waals surface area (Å²) >= 11 is 6.04. The number of hydrogen-bond acceptors (Lipinski definition) is 3. The topological polar surface area (TPSA) is 35.8 Å². The van der Waals surface area contributed by atoms with E-state index in [9.17, 15) is 5.11 Å². The molecule has 104 valence electrons. The third-order valence-electron chi connectivity index (χ3n) is 3.67. The Kier molecular flexibility index (Phi) is 3.64. The zero-order valence-corrected chi connectivity index (χ0v) is 12.1. The van der Waals surface area contributed by atoms with Crippen molar-refractivity contribution in [2.45, 2.75) is 25.5 Å². The number of halogens is 1. The quantitative estimate of drug-likeness (QED) is 0.907. The second kappa shape index (κ2) is 5.43. The Morgan fingerprint density at radius 2 is 2.15 bits per heavy atom. The molecule has 0 amide bonds. The van der Waals surface area contributed by atoms with E-state index in [1.165, 1.54) is 0 Å². The Balaban J connectivity index is 1.94. The molecule has 0 spiro atoms. The highest BCUT2D eigenvalue weighted by molar-refractivity contribution is 6.30. The van der Waals surface area contributed by atoms with E-state index in [1.54, 1.807) is 12.1 Å². The first-order valence-electron chi connectivity index (χ1n) is 6.79. The van der Waals surface area contributed by atoms with E-state index in [0.29, 0.717) is 0 Å². The number of likely N-dealkylation sites (N-methyl/N-ethyl adjacent to an activating group) is 1. The number of fused-ring (bicyclic) bond motifs is 1. The molecule has 1 heterocycles. The highest BCUT2D eigenvalue weighted by atomic mass is 35.5. The SMILES string of the molecule is CN1N=C(Cc2cccc(Cl)c2)C2=CCCC=C2C1O. The van der Waals surface area contributed by atoms with Crippen LogP contribution in [-0.2, 0) is 6.42 Å². The molecule has 1 atom stereocenters. The fraction of sp³-hybridized carbons (Fsp3) is 0.312. The number of nitrogens with zero attached hydrogens (tertiary/aromatic N) is 2. The Morgan fingerprint density at radius 1 is 1.35 bits per heavy atom. The van der Waals surface area contributed by atoms with Crippen molar-refractivity contribution in [2.75, 3.05) is 7.05 Å². The molecule has 2 aliphatic rings. The van der Waals surface area contributed by atoms with Crippen molar-refractivity contribution in [3.63, 3.8) is 0 Å². The van der Waals surface area contributed by atoms with Gasteiger partial charge in [-0.15, -0.1) is 0 Å². The molecule has 1 aromatic rings. The minimum absolute atomic E-state index is 0.635. The van der Waals surface area contributed by atoms with Gasteiger partial charge in [0.2, 0.25) is 0 Å². The van der Waals surface area contributed by atoms with E-state index < -0.39 is 6.23 Å². The summed E-state index contributed by atoms with van der Waals surface area (Å²) in [5, 5.41) is 17.1. The lowest BCUT2D eigenvalue weighted by Crippen LogP contribution is -2.37. The van der Waals surface area contributed by atoms with Gasteiger partial charge in [-0.25, -0.2) is 0 Å². The minimum atomic E-state index is -0.635. The van der Waals surface area contributed by atoms with Crippen LogP contribution >= 0.6 is 11.6 Å². The van der Waals surface area contributed by atoms with Crippen molar-refractivity contribution in [3.8, 4) is 0 Å².